The lowest BCUT2D eigenvalue weighted by Crippen LogP contribution is -2.37. The molecule has 6 heteroatoms. The Balaban J connectivity index is 2.00. The molecule has 0 bridgehead atoms. The van der Waals surface area contributed by atoms with Crippen molar-refractivity contribution >= 4 is 0 Å². The van der Waals surface area contributed by atoms with Crippen molar-refractivity contribution < 1.29 is 0 Å². The first-order chi connectivity index (χ1) is 10.1. The minimum absolute atomic E-state index is 0.219. The molecule has 2 aromatic heterocycles. The minimum Gasteiger partial charge on any atom is -0.335 e. The number of aryl methyl sites for hydroxylation is 3. The molecule has 0 aliphatic heterocycles. The number of rotatable bonds is 7. The van der Waals surface area contributed by atoms with Crippen LogP contribution in [0.3, 0.4) is 0 Å². The molecule has 0 saturated carbocycles. The van der Waals surface area contributed by atoms with Gasteiger partial charge in [0.1, 0.15) is 5.82 Å². The largest absolute Gasteiger partial charge is 0.335 e. The Morgan fingerprint density at radius 1 is 1.38 bits per heavy atom. The van der Waals surface area contributed by atoms with Crippen molar-refractivity contribution in [1.29, 1.82) is 0 Å². The first kappa shape index (κ1) is 15.7. The standard InChI is InChI=1S/C15H26N6/c1-5-21-9-8-17-15(21)10-13(18-16)6-7-14-11(2)19-20(4)12(14)3/h8-9,13,18H,5-7,10,16H2,1-4H3. The molecule has 1 atom stereocenters. The van der Waals surface area contributed by atoms with Gasteiger partial charge in [0.15, 0.2) is 0 Å². The number of hydrogen-bond donors (Lipinski definition) is 2. The van der Waals surface area contributed by atoms with Gasteiger partial charge >= 0.3 is 0 Å². The van der Waals surface area contributed by atoms with Gasteiger partial charge in [0.05, 0.1) is 5.69 Å². The summed E-state index contributed by atoms with van der Waals surface area (Å²) < 4.78 is 4.10. The molecule has 0 aliphatic rings. The summed E-state index contributed by atoms with van der Waals surface area (Å²) >= 11 is 0. The third kappa shape index (κ3) is 3.51. The van der Waals surface area contributed by atoms with E-state index in [4.69, 9.17) is 5.84 Å². The Bertz CT molecular complexity index is 583. The number of nitrogens with two attached hydrogens (primary N) is 1. The zero-order valence-electron chi connectivity index (χ0n) is 13.4. The number of nitrogens with zero attached hydrogens (tertiary/aromatic N) is 4. The molecule has 2 heterocycles. The molecule has 2 rings (SSSR count). The average Bonchev–Trinajstić information content (AvgIpc) is 3.01. The molecule has 1 unspecified atom stereocenters. The number of hydrogen-bond acceptors (Lipinski definition) is 4. The molecule has 6 nitrogen and oxygen atoms in total. The van der Waals surface area contributed by atoms with Crippen LogP contribution in [0.4, 0.5) is 0 Å². The van der Waals surface area contributed by atoms with Gasteiger partial charge in [0, 0.05) is 44.1 Å². The molecule has 116 valence electrons. The molecule has 0 saturated heterocycles. The van der Waals surface area contributed by atoms with Gasteiger partial charge < -0.3 is 4.57 Å². The van der Waals surface area contributed by atoms with E-state index in [-0.39, 0.29) is 6.04 Å². The zero-order valence-corrected chi connectivity index (χ0v) is 13.4. The average molecular weight is 290 g/mol. The van der Waals surface area contributed by atoms with Gasteiger partial charge in [-0.1, -0.05) is 0 Å². The van der Waals surface area contributed by atoms with Crippen LogP contribution in [0.15, 0.2) is 12.4 Å². The highest BCUT2D eigenvalue weighted by atomic mass is 15.3. The Hall–Kier alpha value is -1.66. The Kier molecular flexibility index (Phi) is 5.14. The lowest BCUT2D eigenvalue weighted by Gasteiger charge is -2.16. The van der Waals surface area contributed by atoms with Crippen LogP contribution < -0.4 is 11.3 Å². The van der Waals surface area contributed by atoms with E-state index in [0.29, 0.717) is 0 Å². The molecule has 0 aromatic carbocycles. The Labute approximate surface area is 126 Å². The Morgan fingerprint density at radius 3 is 2.71 bits per heavy atom. The summed E-state index contributed by atoms with van der Waals surface area (Å²) in [5.41, 5.74) is 6.60. The van der Waals surface area contributed by atoms with Crippen LogP contribution in [0, 0.1) is 13.8 Å². The smallest absolute Gasteiger partial charge is 0.110 e. The van der Waals surface area contributed by atoms with E-state index in [0.717, 1.165) is 37.3 Å². The molecule has 3 N–H and O–H groups in total. The summed E-state index contributed by atoms with van der Waals surface area (Å²) in [5.74, 6) is 6.80. The summed E-state index contributed by atoms with van der Waals surface area (Å²) in [6, 6.07) is 0.219. The fourth-order valence-electron chi connectivity index (χ4n) is 2.78. The van der Waals surface area contributed by atoms with Crippen molar-refractivity contribution in [3.63, 3.8) is 0 Å². The van der Waals surface area contributed by atoms with Crippen LogP contribution in [0.5, 0.6) is 0 Å². The molecule has 0 radical (unpaired) electrons. The fourth-order valence-corrected chi connectivity index (χ4v) is 2.78. The van der Waals surface area contributed by atoms with Crippen molar-refractivity contribution in [2.75, 3.05) is 0 Å². The third-order valence-corrected chi connectivity index (χ3v) is 4.21. The molecule has 0 spiro atoms. The van der Waals surface area contributed by atoms with Crippen LogP contribution >= 0.6 is 0 Å². The van der Waals surface area contributed by atoms with Crippen LogP contribution in [-0.4, -0.2) is 25.4 Å². The van der Waals surface area contributed by atoms with Crippen LogP contribution in [-0.2, 0) is 26.4 Å². The van der Waals surface area contributed by atoms with E-state index in [1.54, 1.807) is 0 Å². The Morgan fingerprint density at radius 2 is 2.14 bits per heavy atom. The first-order valence-corrected chi connectivity index (χ1v) is 7.52. The highest BCUT2D eigenvalue weighted by molar-refractivity contribution is 5.24. The molecule has 2 aromatic rings. The van der Waals surface area contributed by atoms with Crippen molar-refractivity contribution in [1.82, 2.24) is 24.8 Å². The second-order valence-electron chi connectivity index (χ2n) is 5.51. The van der Waals surface area contributed by atoms with Gasteiger partial charge in [0.25, 0.3) is 0 Å². The van der Waals surface area contributed by atoms with E-state index in [2.05, 4.69) is 40.8 Å². The fraction of sp³-hybridized carbons (Fsp3) is 0.600. The number of aromatic nitrogens is 4. The second kappa shape index (κ2) is 6.87. The quantitative estimate of drug-likeness (QED) is 0.595. The predicted octanol–water partition coefficient (Wildman–Crippen LogP) is 1.26. The van der Waals surface area contributed by atoms with Crippen LogP contribution in [0.2, 0.25) is 0 Å². The lowest BCUT2D eigenvalue weighted by molar-refractivity contribution is 0.472. The lowest BCUT2D eigenvalue weighted by atomic mass is 10.0. The van der Waals surface area contributed by atoms with Gasteiger partial charge in [-0.05, 0) is 39.2 Å². The highest BCUT2D eigenvalue weighted by Crippen LogP contribution is 2.16. The molecule has 0 amide bonds. The molecule has 0 aliphatic carbocycles. The first-order valence-electron chi connectivity index (χ1n) is 7.52. The summed E-state index contributed by atoms with van der Waals surface area (Å²) in [5, 5.41) is 4.47. The summed E-state index contributed by atoms with van der Waals surface area (Å²) in [6.45, 7) is 7.24. The maximum absolute atomic E-state index is 5.72. The van der Waals surface area contributed by atoms with E-state index in [9.17, 15) is 0 Å². The topological polar surface area (TPSA) is 73.7 Å². The third-order valence-electron chi connectivity index (χ3n) is 4.21. The van der Waals surface area contributed by atoms with Crippen molar-refractivity contribution in [2.24, 2.45) is 12.9 Å². The van der Waals surface area contributed by atoms with Gasteiger partial charge in [-0.3, -0.25) is 16.0 Å². The predicted molar refractivity (Wildman–Crippen MR) is 83.7 cm³/mol. The summed E-state index contributed by atoms with van der Waals surface area (Å²) in [4.78, 5) is 4.42. The maximum Gasteiger partial charge on any atom is 0.110 e. The van der Waals surface area contributed by atoms with Crippen LogP contribution in [0.25, 0.3) is 0 Å². The number of nitrogens with one attached hydrogen (secondary N) is 1. The normalized spacial score (nSPS) is 12.8. The molecule has 0 fully saturated rings. The van der Waals surface area contributed by atoms with Crippen molar-refractivity contribution in [3.8, 4) is 0 Å². The SMILES string of the molecule is CCn1ccnc1CC(CCc1c(C)nn(C)c1C)NN. The molecule has 21 heavy (non-hydrogen) atoms. The number of hydrazine groups is 1. The summed E-state index contributed by atoms with van der Waals surface area (Å²) in [7, 11) is 1.99. The van der Waals surface area contributed by atoms with Crippen molar-refractivity contribution in [2.45, 2.75) is 52.6 Å². The van der Waals surface area contributed by atoms with Gasteiger partial charge in [-0.2, -0.15) is 5.10 Å². The van der Waals surface area contributed by atoms with E-state index >= 15 is 0 Å². The molecular weight excluding hydrogens is 264 g/mol. The summed E-state index contributed by atoms with van der Waals surface area (Å²) in [6.07, 6.45) is 6.66. The van der Waals surface area contributed by atoms with Crippen LogP contribution in [0.1, 0.15) is 36.1 Å². The van der Waals surface area contributed by atoms with Gasteiger partial charge in [-0.25, -0.2) is 4.98 Å². The second-order valence-corrected chi connectivity index (χ2v) is 5.51. The van der Waals surface area contributed by atoms with E-state index in [1.807, 2.05) is 24.1 Å². The molecular formula is C15H26N6. The monoisotopic (exact) mass is 290 g/mol. The zero-order chi connectivity index (χ0) is 15.4. The number of imidazole rings is 1. The van der Waals surface area contributed by atoms with Crippen molar-refractivity contribution in [3.05, 3.63) is 35.2 Å². The van der Waals surface area contributed by atoms with E-state index in [1.165, 1.54) is 11.3 Å². The highest BCUT2D eigenvalue weighted by Gasteiger charge is 2.15. The maximum atomic E-state index is 5.72. The minimum atomic E-state index is 0.219. The van der Waals surface area contributed by atoms with Gasteiger partial charge in [0.2, 0.25) is 0 Å². The van der Waals surface area contributed by atoms with Gasteiger partial charge in [-0.15, -0.1) is 0 Å². The van der Waals surface area contributed by atoms with E-state index < -0.39 is 0 Å².